The highest BCUT2D eigenvalue weighted by Gasteiger charge is 2.18. The van der Waals surface area contributed by atoms with Gasteiger partial charge in [0.2, 0.25) is 0 Å². The normalized spacial score (nSPS) is 11.5. The molecule has 0 amide bonds. The number of aromatic nitrogens is 4. The Hall–Kier alpha value is -7.76. The van der Waals surface area contributed by atoms with Crippen molar-refractivity contribution in [3.8, 4) is 67.5 Å². The van der Waals surface area contributed by atoms with Gasteiger partial charge in [-0.2, -0.15) is 0 Å². The standard InChI is InChI=1S/C52H32N4O/c1-2-11-33(12-3-1)34-22-26-37(27-23-34)52-55-46(32-47(56-52)45-18-8-9-30-53-45)36-24-20-35(21-25-36)38-13-10-14-39(31-38)50-43-29-28-41-40-15-5-7-19-48(40)57-51(41)49(43)42-16-4-6-17-44(42)54-50/h1-32H. The highest BCUT2D eigenvalue weighted by atomic mass is 16.3. The van der Waals surface area contributed by atoms with E-state index in [2.05, 4.69) is 145 Å². The maximum Gasteiger partial charge on any atom is 0.160 e. The summed E-state index contributed by atoms with van der Waals surface area (Å²) in [6.45, 7) is 0. The van der Waals surface area contributed by atoms with Crippen molar-refractivity contribution >= 4 is 43.6 Å². The average Bonchev–Trinajstić information content (AvgIpc) is 3.68. The lowest BCUT2D eigenvalue weighted by Gasteiger charge is -2.12. The van der Waals surface area contributed by atoms with E-state index in [1.165, 1.54) is 5.56 Å². The SMILES string of the molecule is c1ccc(-c2ccc(-c3nc(-c4ccc(-c5cccc(-c6nc7ccccc7c7c6ccc6c8ccccc8oc67)c5)cc4)cc(-c4ccccn4)n3)cc2)cc1. The second-order valence-corrected chi connectivity index (χ2v) is 14.2. The van der Waals surface area contributed by atoms with E-state index < -0.39 is 0 Å². The Kier molecular flexibility index (Phi) is 7.74. The first-order valence-corrected chi connectivity index (χ1v) is 19.0. The number of rotatable bonds is 6. The lowest BCUT2D eigenvalue weighted by atomic mass is 9.95. The Bertz CT molecular complexity index is 3270. The summed E-state index contributed by atoms with van der Waals surface area (Å²) in [5.41, 5.74) is 13.5. The van der Waals surface area contributed by atoms with Crippen LogP contribution in [0.15, 0.2) is 199 Å². The van der Waals surface area contributed by atoms with Crippen molar-refractivity contribution in [2.75, 3.05) is 0 Å². The number of furan rings is 1. The van der Waals surface area contributed by atoms with Crippen LogP contribution >= 0.6 is 0 Å². The molecule has 0 saturated carbocycles. The summed E-state index contributed by atoms with van der Waals surface area (Å²) >= 11 is 0. The molecule has 4 aromatic heterocycles. The number of pyridine rings is 2. The van der Waals surface area contributed by atoms with Gasteiger partial charge in [0.1, 0.15) is 11.2 Å². The van der Waals surface area contributed by atoms with Crippen molar-refractivity contribution in [2.45, 2.75) is 0 Å². The zero-order chi connectivity index (χ0) is 37.7. The quantitative estimate of drug-likeness (QED) is 0.160. The van der Waals surface area contributed by atoms with E-state index in [1.807, 2.05) is 48.5 Å². The molecule has 0 atom stereocenters. The van der Waals surface area contributed by atoms with E-state index in [1.54, 1.807) is 6.20 Å². The fourth-order valence-electron chi connectivity index (χ4n) is 7.93. The Balaban J connectivity index is 0.978. The maximum atomic E-state index is 6.55. The van der Waals surface area contributed by atoms with E-state index in [0.29, 0.717) is 5.82 Å². The molecule has 0 aliphatic carbocycles. The van der Waals surface area contributed by atoms with Crippen molar-refractivity contribution in [1.82, 2.24) is 19.9 Å². The van der Waals surface area contributed by atoms with E-state index in [9.17, 15) is 0 Å². The minimum atomic E-state index is 0.652. The number of hydrogen-bond donors (Lipinski definition) is 0. The van der Waals surface area contributed by atoms with Crippen LogP contribution in [-0.4, -0.2) is 19.9 Å². The second kappa shape index (κ2) is 13.5. The predicted molar refractivity (Wildman–Crippen MR) is 233 cm³/mol. The number of nitrogens with zero attached hydrogens (tertiary/aromatic N) is 4. The highest BCUT2D eigenvalue weighted by molar-refractivity contribution is 6.24. The molecule has 57 heavy (non-hydrogen) atoms. The molecule has 0 aliphatic rings. The van der Waals surface area contributed by atoms with Crippen molar-refractivity contribution in [1.29, 1.82) is 0 Å². The fourth-order valence-corrected chi connectivity index (χ4v) is 7.93. The highest BCUT2D eigenvalue weighted by Crippen LogP contribution is 2.41. The third-order valence-electron chi connectivity index (χ3n) is 10.8. The van der Waals surface area contributed by atoms with Gasteiger partial charge in [0, 0.05) is 49.8 Å². The van der Waals surface area contributed by atoms with Gasteiger partial charge < -0.3 is 4.42 Å². The van der Waals surface area contributed by atoms with Gasteiger partial charge in [-0.3, -0.25) is 4.98 Å². The summed E-state index contributed by atoms with van der Waals surface area (Å²) < 4.78 is 6.55. The fraction of sp³-hybridized carbons (Fsp3) is 0. The summed E-state index contributed by atoms with van der Waals surface area (Å²) in [6.07, 6.45) is 1.80. The molecular formula is C52H32N4O. The largest absolute Gasteiger partial charge is 0.455 e. The van der Waals surface area contributed by atoms with Gasteiger partial charge >= 0.3 is 0 Å². The molecule has 5 nitrogen and oxygen atoms in total. The summed E-state index contributed by atoms with van der Waals surface area (Å²) in [7, 11) is 0. The van der Waals surface area contributed by atoms with Crippen LogP contribution in [0.5, 0.6) is 0 Å². The lowest BCUT2D eigenvalue weighted by molar-refractivity contribution is 0.673. The smallest absolute Gasteiger partial charge is 0.160 e. The molecule has 11 rings (SSSR count). The summed E-state index contributed by atoms with van der Waals surface area (Å²) in [4.78, 5) is 19.9. The van der Waals surface area contributed by atoms with E-state index >= 15 is 0 Å². The third kappa shape index (κ3) is 5.81. The van der Waals surface area contributed by atoms with E-state index in [4.69, 9.17) is 19.4 Å². The van der Waals surface area contributed by atoms with Crippen molar-refractivity contribution in [2.24, 2.45) is 0 Å². The molecule has 11 aromatic rings. The van der Waals surface area contributed by atoms with Crippen LogP contribution in [0, 0.1) is 0 Å². The Labute approximate surface area is 328 Å². The van der Waals surface area contributed by atoms with Gasteiger partial charge in [0.05, 0.1) is 28.3 Å². The summed E-state index contributed by atoms with van der Waals surface area (Å²) in [5, 5.41) is 5.45. The molecule has 0 saturated heterocycles. The summed E-state index contributed by atoms with van der Waals surface area (Å²) in [5.74, 6) is 0.652. The van der Waals surface area contributed by atoms with Gasteiger partial charge in [-0.15, -0.1) is 0 Å². The minimum absolute atomic E-state index is 0.652. The van der Waals surface area contributed by atoms with Crippen LogP contribution in [0.3, 0.4) is 0 Å². The zero-order valence-electron chi connectivity index (χ0n) is 30.7. The van der Waals surface area contributed by atoms with Crippen LogP contribution in [0.4, 0.5) is 0 Å². The predicted octanol–water partition coefficient (Wildman–Crippen LogP) is 13.5. The molecule has 0 spiro atoms. The van der Waals surface area contributed by atoms with E-state index in [-0.39, 0.29) is 0 Å². The second-order valence-electron chi connectivity index (χ2n) is 14.2. The number of hydrogen-bond acceptors (Lipinski definition) is 5. The van der Waals surface area contributed by atoms with Gasteiger partial charge in [-0.05, 0) is 64.7 Å². The van der Waals surface area contributed by atoms with Crippen LogP contribution in [-0.2, 0) is 0 Å². The Morgan fingerprint density at radius 2 is 0.982 bits per heavy atom. The van der Waals surface area contributed by atoms with E-state index in [0.717, 1.165) is 99.8 Å². The van der Waals surface area contributed by atoms with Gasteiger partial charge in [0.25, 0.3) is 0 Å². The molecule has 266 valence electrons. The molecule has 0 unspecified atom stereocenters. The first-order chi connectivity index (χ1) is 28.2. The molecular weight excluding hydrogens is 697 g/mol. The number of para-hydroxylation sites is 2. The van der Waals surface area contributed by atoms with Gasteiger partial charge in [0.15, 0.2) is 5.82 Å². The van der Waals surface area contributed by atoms with Gasteiger partial charge in [-0.25, -0.2) is 15.0 Å². The maximum absolute atomic E-state index is 6.55. The third-order valence-corrected chi connectivity index (χ3v) is 10.8. The molecule has 0 radical (unpaired) electrons. The molecule has 0 N–H and O–H groups in total. The van der Waals surface area contributed by atoms with Gasteiger partial charge in [-0.1, -0.05) is 146 Å². The first-order valence-electron chi connectivity index (χ1n) is 19.0. The Morgan fingerprint density at radius 1 is 0.351 bits per heavy atom. The number of benzene rings is 7. The molecule has 0 aliphatic heterocycles. The van der Waals surface area contributed by atoms with Crippen LogP contribution in [0.2, 0.25) is 0 Å². The van der Waals surface area contributed by atoms with Crippen molar-refractivity contribution in [3.63, 3.8) is 0 Å². The molecule has 7 aromatic carbocycles. The van der Waals surface area contributed by atoms with Crippen molar-refractivity contribution in [3.05, 3.63) is 194 Å². The summed E-state index contributed by atoms with van der Waals surface area (Å²) in [6, 6.07) is 64.9. The Morgan fingerprint density at radius 3 is 1.81 bits per heavy atom. The first kappa shape index (κ1) is 32.7. The zero-order valence-corrected chi connectivity index (χ0v) is 30.7. The molecule has 4 heterocycles. The lowest BCUT2D eigenvalue weighted by Crippen LogP contribution is -1.97. The monoisotopic (exact) mass is 728 g/mol. The van der Waals surface area contributed by atoms with Crippen LogP contribution in [0.1, 0.15) is 0 Å². The van der Waals surface area contributed by atoms with Crippen LogP contribution < -0.4 is 0 Å². The molecule has 0 bridgehead atoms. The number of fused-ring (bicyclic) bond motifs is 7. The molecule has 5 heteroatoms. The molecule has 0 fully saturated rings. The van der Waals surface area contributed by atoms with Crippen LogP contribution in [0.25, 0.3) is 111 Å². The van der Waals surface area contributed by atoms with Crippen molar-refractivity contribution < 1.29 is 4.42 Å². The average molecular weight is 729 g/mol. The topological polar surface area (TPSA) is 64.7 Å². The minimum Gasteiger partial charge on any atom is -0.455 e.